The highest BCUT2D eigenvalue weighted by Crippen LogP contribution is 2.06. The molecule has 0 amide bonds. The van der Waals surface area contributed by atoms with E-state index in [0.717, 1.165) is 19.6 Å². The van der Waals surface area contributed by atoms with E-state index in [1.54, 1.807) is 0 Å². The quantitative estimate of drug-likeness (QED) is 0.742. The number of ether oxygens (including phenoxy) is 1. The minimum atomic E-state index is 0.140. The Morgan fingerprint density at radius 3 is 2.60 bits per heavy atom. The predicted octanol–water partition coefficient (Wildman–Crippen LogP) is 0.578. The zero-order valence-electron chi connectivity index (χ0n) is 8.73. The van der Waals surface area contributed by atoms with Crippen LogP contribution in [0.15, 0.2) is 30.3 Å². The molecule has 1 heterocycles. The summed E-state index contributed by atoms with van der Waals surface area (Å²) in [4.78, 5) is 0. The molecule has 0 saturated carbocycles. The van der Waals surface area contributed by atoms with E-state index >= 15 is 0 Å². The molecule has 1 unspecified atom stereocenters. The fourth-order valence-corrected chi connectivity index (χ4v) is 1.74. The number of benzene rings is 1. The van der Waals surface area contributed by atoms with Crippen LogP contribution in [0, 0.1) is 0 Å². The van der Waals surface area contributed by atoms with Crippen LogP contribution in [0.2, 0.25) is 0 Å². The highest BCUT2D eigenvalue weighted by molar-refractivity contribution is 5.16. The Kier molecular flexibility index (Phi) is 3.72. The van der Waals surface area contributed by atoms with E-state index in [-0.39, 0.29) is 12.6 Å². The fourth-order valence-electron chi connectivity index (χ4n) is 1.74. The molecule has 1 aliphatic heterocycles. The summed E-state index contributed by atoms with van der Waals surface area (Å²) in [6.45, 7) is 1.71. The van der Waals surface area contributed by atoms with Gasteiger partial charge in [0.15, 0.2) is 0 Å². The Morgan fingerprint density at radius 2 is 2.07 bits per heavy atom. The fraction of sp³-hybridized carbons (Fsp3) is 0.500. The van der Waals surface area contributed by atoms with Crippen molar-refractivity contribution in [1.82, 2.24) is 5.32 Å². The van der Waals surface area contributed by atoms with E-state index in [4.69, 9.17) is 4.74 Å². The van der Waals surface area contributed by atoms with Crippen molar-refractivity contribution in [3.05, 3.63) is 35.9 Å². The van der Waals surface area contributed by atoms with Crippen LogP contribution in [0.5, 0.6) is 0 Å². The molecule has 3 heteroatoms. The van der Waals surface area contributed by atoms with Crippen molar-refractivity contribution in [2.45, 2.75) is 18.5 Å². The smallest absolute Gasteiger partial charge is 0.0643 e. The average molecular weight is 207 g/mol. The molecule has 0 spiro atoms. The first-order chi connectivity index (χ1) is 7.38. The zero-order valence-corrected chi connectivity index (χ0v) is 8.73. The molecule has 0 radical (unpaired) electrons. The summed E-state index contributed by atoms with van der Waals surface area (Å²) < 4.78 is 5.09. The van der Waals surface area contributed by atoms with Gasteiger partial charge in [-0.2, -0.15) is 0 Å². The maximum atomic E-state index is 9.25. The molecule has 0 bridgehead atoms. The topological polar surface area (TPSA) is 41.5 Å². The van der Waals surface area contributed by atoms with E-state index < -0.39 is 0 Å². The van der Waals surface area contributed by atoms with E-state index in [0.29, 0.717) is 6.04 Å². The molecule has 1 aromatic rings. The third kappa shape index (κ3) is 3.02. The van der Waals surface area contributed by atoms with E-state index in [2.05, 4.69) is 17.4 Å². The highest BCUT2D eigenvalue weighted by atomic mass is 16.5. The molecule has 3 nitrogen and oxygen atoms in total. The molecule has 1 fully saturated rings. The molecular weight excluding hydrogens is 190 g/mol. The lowest BCUT2D eigenvalue weighted by atomic mass is 10.1. The summed E-state index contributed by atoms with van der Waals surface area (Å²) in [6, 6.07) is 10.8. The molecule has 1 aromatic carbocycles. The van der Waals surface area contributed by atoms with Gasteiger partial charge in [-0.1, -0.05) is 30.3 Å². The molecular formula is C12H17NO2. The largest absolute Gasteiger partial charge is 0.395 e. The van der Waals surface area contributed by atoms with Crippen molar-refractivity contribution in [2.24, 2.45) is 0 Å². The summed E-state index contributed by atoms with van der Waals surface area (Å²) in [5.41, 5.74) is 1.25. The van der Waals surface area contributed by atoms with Crippen molar-refractivity contribution in [3.63, 3.8) is 0 Å². The first-order valence-electron chi connectivity index (χ1n) is 5.37. The van der Waals surface area contributed by atoms with Crippen molar-refractivity contribution < 1.29 is 9.84 Å². The van der Waals surface area contributed by atoms with Crippen LogP contribution in [0.25, 0.3) is 0 Å². The van der Waals surface area contributed by atoms with Crippen molar-refractivity contribution in [1.29, 1.82) is 0 Å². The van der Waals surface area contributed by atoms with Crippen LogP contribution in [-0.4, -0.2) is 37.0 Å². The Bertz CT molecular complexity index is 285. The van der Waals surface area contributed by atoms with E-state index in [9.17, 15) is 5.11 Å². The van der Waals surface area contributed by atoms with Crippen LogP contribution < -0.4 is 5.32 Å². The summed E-state index contributed by atoms with van der Waals surface area (Å²) in [5, 5.41) is 12.6. The first-order valence-corrected chi connectivity index (χ1v) is 5.37. The third-order valence-corrected chi connectivity index (χ3v) is 2.65. The SMILES string of the molecule is OCC(Cc1ccccc1)NC1COC1. The number of hydrogen-bond acceptors (Lipinski definition) is 3. The second kappa shape index (κ2) is 5.26. The van der Waals surface area contributed by atoms with Crippen LogP contribution in [-0.2, 0) is 11.2 Å². The number of aliphatic hydroxyl groups excluding tert-OH is 1. The monoisotopic (exact) mass is 207 g/mol. The summed E-state index contributed by atoms with van der Waals surface area (Å²) in [6.07, 6.45) is 0.869. The number of nitrogens with one attached hydrogen (secondary N) is 1. The van der Waals surface area contributed by atoms with Gasteiger partial charge in [0, 0.05) is 6.04 Å². The molecule has 15 heavy (non-hydrogen) atoms. The maximum absolute atomic E-state index is 9.25. The predicted molar refractivity (Wildman–Crippen MR) is 58.8 cm³/mol. The number of rotatable bonds is 5. The van der Waals surface area contributed by atoms with Crippen LogP contribution in [0.3, 0.4) is 0 Å². The van der Waals surface area contributed by atoms with Gasteiger partial charge in [-0.25, -0.2) is 0 Å². The lowest BCUT2D eigenvalue weighted by Crippen LogP contribution is -2.52. The van der Waals surface area contributed by atoms with Gasteiger partial charge in [-0.15, -0.1) is 0 Å². The lowest BCUT2D eigenvalue weighted by Gasteiger charge is -2.31. The Morgan fingerprint density at radius 1 is 1.33 bits per heavy atom. The Labute approximate surface area is 90.1 Å². The first kappa shape index (κ1) is 10.6. The standard InChI is InChI=1S/C12H17NO2/c14-7-11(13-12-8-15-9-12)6-10-4-2-1-3-5-10/h1-5,11-14H,6-9H2. The lowest BCUT2D eigenvalue weighted by molar-refractivity contribution is -0.0129. The average Bonchev–Trinajstić information content (AvgIpc) is 2.23. The van der Waals surface area contributed by atoms with E-state index in [1.807, 2.05) is 18.2 Å². The Hall–Kier alpha value is -0.900. The number of aliphatic hydroxyl groups is 1. The number of hydrogen-bond donors (Lipinski definition) is 2. The van der Waals surface area contributed by atoms with Gasteiger partial charge in [0.2, 0.25) is 0 Å². The summed E-state index contributed by atoms with van der Waals surface area (Å²) in [7, 11) is 0. The van der Waals surface area contributed by atoms with Gasteiger partial charge in [0.05, 0.1) is 25.9 Å². The van der Waals surface area contributed by atoms with Crippen LogP contribution in [0.1, 0.15) is 5.56 Å². The van der Waals surface area contributed by atoms with Gasteiger partial charge in [-0.3, -0.25) is 0 Å². The second-order valence-corrected chi connectivity index (χ2v) is 3.97. The summed E-state index contributed by atoms with van der Waals surface area (Å²) >= 11 is 0. The van der Waals surface area contributed by atoms with Crippen LogP contribution >= 0.6 is 0 Å². The van der Waals surface area contributed by atoms with Crippen LogP contribution in [0.4, 0.5) is 0 Å². The highest BCUT2D eigenvalue weighted by Gasteiger charge is 2.21. The van der Waals surface area contributed by atoms with Gasteiger partial charge < -0.3 is 15.2 Å². The van der Waals surface area contributed by atoms with Crippen molar-refractivity contribution in [2.75, 3.05) is 19.8 Å². The normalized spacial score (nSPS) is 18.5. The second-order valence-electron chi connectivity index (χ2n) is 3.97. The van der Waals surface area contributed by atoms with Gasteiger partial charge in [-0.05, 0) is 12.0 Å². The minimum Gasteiger partial charge on any atom is -0.395 e. The molecule has 1 aliphatic rings. The zero-order chi connectivity index (χ0) is 10.5. The molecule has 1 saturated heterocycles. The molecule has 2 rings (SSSR count). The minimum absolute atomic E-state index is 0.140. The third-order valence-electron chi connectivity index (χ3n) is 2.65. The molecule has 0 aliphatic carbocycles. The van der Waals surface area contributed by atoms with Gasteiger partial charge in [0.1, 0.15) is 0 Å². The summed E-state index contributed by atoms with van der Waals surface area (Å²) in [5.74, 6) is 0. The van der Waals surface area contributed by atoms with Gasteiger partial charge in [0.25, 0.3) is 0 Å². The van der Waals surface area contributed by atoms with Crippen molar-refractivity contribution >= 4 is 0 Å². The Balaban J connectivity index is 1.84. The molecule has 0 aromatic heterocycles. The maximum Gasteiger partial charge on any atom is 0.0643 e. The molecule has 82 valence electrons. The molecule has 2 N–H and O–H groups in total. The van der Waals surface area contributed by atoms with E-state index in [1.165, 1.54) is 5.56 Å². The van der Waals surface area contributed by atoms with Gasteiger partial charge >= 0.3 is 0 Å². The van der Waals surface area contributed by atoms with Crippen molar-refractivity contribution in [3.8, 4) is 0 Å². The molecule has 1 atom stereocenters.